The summed E-state index contributed by atoms with van der Waals surface area (Å²) in [5.74, 6) is -2.56. The highest BCUT2D eigenvalue weighted by Crippen LogP contribution is 2.52. The Morgan fingerprint density at radius 3 is 0.909 bits per heavy atom. The Morgan fingerprint density at radius 2 is 0.667 bits per heavy atom. The quantitative estimate of drug-likeness (QED) is 0.0833. The number of hydrogen-bond acceptors (Lipinski definition) is 3. The van der Waals surface area contributed by atoms with Gasteiger partial charge in [0.2, 0.25) is 0 Å². The first-order valence-corrected chi connectivity index (χ1v) is 16.4. The third kappa shape index (κ3) is 20.0. The molecule has 0 aliphatic heterocycles. The highest BCUT2D eigenvalue weighted by atomic mass is 31.2. The highest BCUT2D eigenvalue weighted by Gasteiger charge is 2.36. The Bertz CT molecular complexity index is 408. The summed E-state index contributed by atoms with van der Waals surface area (Å²) in [7, 11) is -3.92. The van der Waals surface area contributed by atoms with Crippen molar-refractivity contribution in [3.05, 3.63) is 0 Å². The van der Waals surface area contributed by atoms with Gasteiger partial charge in [-0.3, -0.25) is 4.57 Å². The lowest BCUT2D eigenvalue weighted by atomic mass is 10.1. The molecule has 0 saturated heterocycles. The van der Waals surface area contributed by atoms with Crippen LogP contribution in [0.15, 0.2) is 0 Å². The van der Waals surface area contributed by atoms with Gasteiger partial charge in [-0.25, -0.2) is 0 Å². The number of unbranched alkanes of at least 4 members (excludes halogenated alkanes) is 20. The largest absolute Gasteiger partial charge is 0.383 e. The van der Waals surface area contributed by atoms with Gasteiger partial charge in [0, 0.05) is 0 Å². The summed E-state index contributed by atoms with van der Waals surface area (Å²) >= 11 is 0. The maximum atomic E-state index is 12.5. The fraction of sp³-hybridized carbons (Fsp3) is 1.00. The van der Waals surface area contributed by atoms with Gasteiger partial charge in [0.05, 0.1) is 0 Å². The molecule has 0 heterocycles. The summed E-state index contributed by atoms with van der Waals surface area (Å²) < 4.78 is 12.5. The molecule has 2 unspecified atom stereocenters. The van der Waals surface area contributed by atoms with Gasteiger partial charge in [-0.05, 0) is 12.8 Å². The average Bonchev–Trinajstić information content (AvgIpc) is 2.80. The molecule has 0 fully saturated rings. The second-order valence-corrected chi connectivity index (χ2v) is 12.8. The first-order valence-electron chi connectivity index (χ1n) is 14.6. The van der Waals surface area contributed by atoms with Crippen molar-refractivity contribution in [2.24, 2.45) is 0 Å². The normalized spacial score (nSPS) is 15.4. The van der Waals surface area contributed by atoms with Gasteiger partial charge in [0.25, 0.3) is 7.37 Å². The van der Waals surface area contributed by atoms with E-state index in [-0.39, 0.29) is 0 Å². The summed E-state index contributed by atoms with van der Waals surface area (Å²) in [6.45, 7) is 4.49. The first kappa shape index (κ1) is 33.1. The third-order valence-electron chi connectivity index (χ3n) is 6.99. The standard InChI is InChI=1S/C28H59O4P/c1-3-5-7-9-11-13-15-17-19-21-23-25-27(29)33(31,32)28(30)26-24-22-20-18-16-14-12-10-8-6-4-2/h27-30H,3-26H2,1-2H3,(H,31,32). The van der Waals surface area contributed by atoms with Crippen molar-refractivity contribution in [3.63, 3.8) is 0 Å². The van der Waals surface area contributed by atoms with Crippen molar-refractivity contribution in [3.8, 4) is 0 Å². The van der Waals surface area contributed by atoms with E-state index in [9.17, 15) is 19.7 Å². The third-order valence-corrected chi connectivity index (χ3v) is 9.21. The molecule has 0 aliphatic carbocycles. The molecule has 5 heteroatoms. The zero-order valence-electron chi connectivity index (χ0n) is 22.3. The lowest BCUT2D eigenvalue weighted by Crippen LogP contribution is -2.18. The van der Waals surface area contributed by atoms with Crippen LogP contribution in [0.5, 0.6) is 0 Å². The molecule has 4 nitrogen and oxygen atoms in total. The molecule has 0 radical (unpaired) electrons. The molecular formula is C28H59O4P. The molecule has 2 atom stereocenters. The van der Waals surface area contributed by atoms with E-state index in [1.807, 2.05) is 0 Å². The Kier molecular flexibility index (Phi) is 23.9. The lowest BCUT2D eigenvalue weighted by Gasteiger charge is -2.23. The summed E-state index contributed by atoms with van der Waals surface area (Å²) in [6, 6.07) is 0. The van der Waals surface area contributed by atoms with Crippen LogP contribution in [0, 0.1) is 0 Å². The van der Waals surface area contributed by atoms with Gasteiger partial charge in [-0.2, -0.15) is 0 Å². The van der Waals surface area contributed by atoms with Crippen molar-refractivity contribution < 1.29 is 19.7 Å². The Balaban J connectivity index is 3.64. The van der Waals surface area contributed by atoms with Crippen LogP contribution in [0.25, 0.3) is 0 Å². The topological polar surface area (TPSA) is 77.8 Å². The second-order valence-electron chi connectivity index (χ2n) is 10.3. The van der Waals surface area contributed by atoms with Crippen LogP contribution in [0.4, 0.5) is 0 Å². The maximum Gasteiger partial charge on any atom is 0.255 e. The minimum absolute atomic E-state index is 0.320. The van der Waals surface area contributed by atoms with Crippen molar-refractivity contribution in [2.75, 3.05) is 0 Å². The Hall–Kier alpha value is 0.110. The van der Waals surface area contributed by atoms with Gasteiger partial charge in [-0.15, -0.1) is 0 Å². The number of aliphatic hydroxyl groups excluding tert-OH is 2. The molecule has 0 rings (SSSR count). The molecular weight excluding hydrogens is 431 g/mol. The zero-order chi connectivity index (χ0) is 24.6. The molecule has 0 saturated carbocycles. The van der Waals surface area contributed by atoms with Crippen LogP contribution >= 0.6 is 7.37 Å². The summed E-state index contributed by atoms with van der Waals surface area (Å²) in [5.41, 5.74) is 0. The van der Waals surface area contributed by atoms with Crippen LogP contribution in [0.1, 0.15) is 168 Å². The van der Waals surface area contributed by atoms with Crippen molar-refractivity contribution in [2.45, 2.75) is 180 Å². The molecule has 0 aromatic rings. The first-order chi connectivity index (χ1) is 16.0. The summed E-state index contributed by atoms with van der Waals surface area (Å²) in [6.07, 6.45) is 27.4. The summed E-state index contributed by atoms with van der Waals surface area (Å²) in [4.78, 5) is 10.2. The predicted octanol–water partition coefficient (Wildman–Crippen LogP) is 9.30. The van der Waals surface area contributed by atoms with Gasteiger partial charge < -0.3 is 15.1 Å². The van der Waals surface area contributed by atoms with Gasteiger partial charge in [0.15, 0.2) is 0 Å². The molecule has 3 N–H and O–H groups in total. The van der Waals surface area contributed by atoms with Crippen LogP contribution < -0.4 is 0 Å². The van der Waals surface area contributed by atoms with E-state index in [4.69, 9.17) is 0 Å². The Morgan fingerprint density at radius 1 is 0.455 bits per heavy atom. The monoisotopic (exact) mass is 490 g/mol. The van der Waals surface area contributed by atoms with Gasteiger partial charge >= 0.3 is 0 Å². The van der Waals surface area contributed by atoms with E-state index >= 15 is 0 Å². The van der Waals surface area contributed by atoms with Crippen molar-refractivity contribution in [1.29, 1.82) is 0 Å². The molecule has 0 aliphatic rings. The smallest absolute Gasteiger partial charge is 0.255 e. The van der Waals surface area contributed by atoms with Crippen LogP contribution in [-0.4, -0.2) is 26.8 Å². The van der Waals surface area contributed by atoms with E-state index in [1.165, 1.54) is 103 Å². The fourth-order valence-electron chi connectivity index (χ4n) is 4.55. The van der Waals surface area contributed by atoms with E-state index in [0.717, 1.165) is 38.5 Å². The molecule has 0 aromatic heterocycles. The fourth-order valence-corrected chi connectivity index (χ4v) is 6.05. The number of hydrogen-bond donors (Lipinski definition) is 3. The SMILES string of the molecule is CCCCCCCCCCCCCC(O)P(=O)(O)C(O)CCCCCCCCCCCCC. The second kappa shape index (κ2) is 23.8. The van der Waals surface area contributed by atoms with E-state index in [0.29, 0.717) is 12.8 Å². The molecule has 0 spiro atoms. The lowest BCUT2D eigenvalue weighted by molar-refractivity contribution is 0.169. The van der Waals surface area contributed by atoms with E-state index in [2.05, 4.69) is 13.8 Å². The summed E-state index contributed by atoms with van der Waals surface area (Å²) in [5, 5.41) is 20.4. The minimum Gasteiger partial charge on any atom is -0.383 e. The molecule has 0 bridgehead atoms. The molecule has 0 aromatic carbocycles. The minimum atomic E-state index is -3.92. The maximum absolute atomic E-state index is 12.5. The van der Waals surface area contributed by atoms with Crippen molar-refractivity contribution in [1.82, 2.24) is 0 Å². The number of rotatable bonds is 26. The Labute approximate surface area is 206 Å². The van der Waals surface area contributed by atoms with E-state index in [1.54, 1.807) is 0 Å². The molecule has 0 amide bonds. The van der Waals surface area contributed by atoms with Gasteiger partial charge in [-0.1, -0.05) is 155 Å². The van der Waals surface area contributed by atoms with Crippen molar-refractivity contribution >= 4 is 7.37 Å². The molecule has 33 heavy (non-hydrogen) atoms. The van der Waals surface area contributed by atoms with Crippen LogP contribution in [0.3, 0.4) is 0 Å². The zero-order valence-corrected chi connectivity index (χ0v) is 23.2. The molecule has 200 valence electrons. The van der Waals surface area contributed by atoms with Gasteiger partial charge in [0.1, 0.15) is 11.7 Å². The number of aliphatic hydroxyl groups is 2. The van der Waals surface area contributed by atoms with E-state index < -0.39 is 19.1 Å². The predicted molar refractivity (Wildman–Crippen MR) is 144 cm³/mol. The van der Waals surface area contributed by atoms with Crippen LogP contribution in [-0.2, 0) is 4.57 Å². The van der Waals surface area contributed by atoms with Crippen LogP contribution in [0.2, 0.25) is 0 Å². The highest BCUT2D eigenvalue weighted by molar-refractivity contribution is 7.59. The average molecular weight is 491 g/mol.